The molecule has 0 saturated heterocycles. The molecule has 0 bridgehead atoms. The third kappa shape index (κ3) is 5.06. The molecule has 0 radical (unpaired) electrons. The van der Waals surface area contributed by atoms with Crippen LogP contribution < -0.4 is 4.72 Å². The van der Waals surface area contributed by atoms with Gasteiger partial charge in [-0.25, -0.2) is 13.1 Å². The summed E-state index contributed by atoms with van der Waals surface area (Å²) in [5.74, 6) is 0.339. The monoisotopic (exact) mass is 291 g/mol. The summed E-state index contributed by atoms with van der Waals surface area (Å²) in [5, 5.41) is 10.5. The van der Waals surface area contributed by atoms with Crippen LogP contribution in [0, 0.1) is 5.92 Å². The number of nitrogens with one attached hydrogen (secondary N) is 1. The minimum atomic E-state index is -3.33. The van der Waals surface area contributed by atoms with Crippen molar-refractivity contribution >= 4 is 21.4 Å². The lowest BCUT2D eigenvalue weighted by Crippen LogP contribution is -2.28. The van der Waals surface area contributed by atoms with E-state index in [2.05, 4.69) is 11.6 Å². The number of unbranched alkanes of at least 4 members (excludes halogenated alkanes) is 1. The summed E-state index contributed by atoms with van der Waals surface area (Å²) in [6.07, 6.45) is 3.62. The lowest BCUT2D eigenvalue weighted by atomic mass is 10.00. The van der Waals surface area contributed by atoms with Gasteiger partial charge in [-0.2, -0.15) is 0 Å². The third-order valence-electron chi connectivity index (χ3n) is 2.92. The molecule has 0 amide bonds. The van der Waals surface area contributed by atoms with E-state index < -0.39 is 10.0 Å². The number of hydrogen-bond acceptors (Lipinski definition) is 4. The molecule has 4 nitrogen and oxygen atoms in total. The van der Waals surface area contributed by atoms with Gasteiger partial charge in [-0.3, -0.25) is 0 Å². The molecule has 1 atom stereocenters. The van der Waals surface area contributed by atoms with Crippen molar-refractivity contribution in [2.24, 2.45) is 5.92 Å². The van der Waals surface area contributed by atoms with Gasteiger partial charge in [0.15, 0.2) is 0 Å². The average Bonchev–Trinajstić information content (AvgIpc) is 2.88. The summed E-state index contributed by atoms with van der Waals surface area (Å²) in [7, 11) is -3.33. The maximum atomic E-state index is 11.9. The van der Waals surface area contributed by atoms with Crippen LogP contribution >= 0.6 is 11.3 Å². The minimum Gasteiger partial charge on any atom is -0.396 e. The third-order valence-corrected chi connectivity index (χ3v) is 5.74. The second kappa shape index (κ2) is 7.89. The summed E-state index contributed by atoms with van der Waals surface area (Å²) >= 11 is 1.23. The Labute approximate surface area is 113 Å². The van der Waals surface area contributed by atoms with E-state index in [-0.39, 0.29) is 6.61 Å². The molecule has 1 rings (SSSR count). The van der Waals surface area contributed by atoms with Gasteiger partial charge in [0, 0.05) is 13.2 Å². The molecule has 0 fully saturated rings. The number of hydrogen-bond donors (Lipinski definition) is 2. The Morgan fingerprint density at radius 1 is 1.44 bits per heavy atom. The maximum absolute atomic E-state index is 11.9. The lowest BCUT2D eigenvalue weighted by molar-refractivity contribution is 0.277. The van der Waals surface area contributed by atoms with E-state index in [9.17, 15) is 8.42 Å². The first-order valence-corrected chi connectivity index (χ1v) is 8.60. The molecule has 1 aromatic heterocycles. The number of rotatable bonds is 9. The predicted octanol–water partition coefficient (Wildman–Crippen LogP) is 2.22. The van der Waals surface area contributed by atoms with Crippen molar-refractivity contribution in [1.82, 2.24) is 4.72 Å². The quantitative estimate of drug-likeness (QED) is 0.686. The van der Waals surface area contributed by atoms with Crippen LogP contribution in [0.5, 0.6) is 0 Å². The average molecular weight is 291 g/mol. The van der Waals surface area contributed by atoms with Gasteiger partial charge in [-0.15, -0.1) is 11.3 Å². The largest absolute Gasteiger partial charge is 0.396 e. The van der Waals surface area contributed by atoms with E-state index in [4.69, 9.17) is 5.11 Å². The van der Waals surface area contributed by atoms with Crippen molar-refractivity contribution in [3.05, 3.63) is 17.5 Å². The van der Waals surface area contributed by atoms with Crippen LogP contribution in [0.25, 0.3) is 0 Å². The number of aliphatic hydroxyl groups is 1. The Balaban J connectivity index is 2.42. The maximum Gasteiger partial charge on any atom is 0.250 e. The van der Waals surface area contributed by atoms with Gasteiger partial charge in [-0.1, -0.05) is 25.8 Å². The van der Waals surface area contributed by atoms with E-state index in [0.717, 1.165) is 25.7 Å². The van der Waals surface area contributed by atoms with Crippen molar-refractivity contribution in [3.8, 4) is 0 Å². The molecule has 0 aliphatic carbocycles. The van der Waals surface area contributed by atoms with Crippen molar-refractivity contribution in [2.45, 2.75) is 36.8 Å². The highest BCUT2D eigenvalue weighted by Crippen LogP contribution is 2.17. The van der Waals surface area contributed by atoms with E-state index in [1.165, 1.54) is 11.3 Å². The summed E-state index contributed by atoms with van der Waals surface area (Å²) in [5.41, 5.74) is 0. The second-order valence-electron chi connectivity index (χ2n) is 4.28. The van der Waals surface area contributed by atoms with Crippen molar-refractivity contribution in [2.75, 3.05) is 13.2 Å². The zero-order valence-electron chi connectivity index (χ0n) is 10.6. The zero-order chi connectivity index (χ0) is 13.4. The van der Waals surface area contributed by atoms with Crippen LogP contribution in [0.15, 0.2) is 21.7 Å². The van der Waals surface area contributed by atoms with Crippen LogP contribution in [0.4, 0.5) is 0 Å². The smallest absolute Gasteiger partial charge is 0.250 e. The number of thiophene rings is 1. The van der Waals surface area contributed by atoms with E-state index in [1.807, 2.05) is 0 Å². The van der Waals surface area contributed by atoms with Gasteiger partial charge in [-0.05, 0) is 30.2 Å². The fourth-order valence-electron chi connectivity index (χ4n) is 1.71. The molecule has 1 aromatic rings. The fourth-order valence-corrected chi connectivity index (χ4v) is 3.86. The Hall–Kier alpha value is -0.430. The molecule has 6 heteroatoms. The van der Waals surface area contributed by atoms with E-state index in [1.54, 1.807) is 17.5 Å². The highest BCUT2D eigenvalue weighted by Gasteiger charge is 2.16. The topological polar surface area (TPSA) is 66.4 Å². The molecule has 0 saturated carbocycles. The van der Waals surface area contributed by atoms with Crippen molar-refractivity contribution < 1.29 is 13.5 Å². The Morgan fingerprint density at radius 2 is 2.22 bits per heavy atom. The van der Waals surface area contributed by atoms with Crippen molar-refractivity contribution in [1.29, 1.82) is 0 Å². The van der Waals surface area contributed by atoms with Gasteiger partial charge in [0.05, 0.1) is 0 Å². The summed E-state index contributed by atoms with van der Waals surface area (Å²) < 4.78 is 26.8. The SMILES string of the molecule is CC[C@@H](CCCCO)CNS(=O)(=O)c1cccs1. The van der Waals surface area contributed by atoms with Crippen LogP contribution in [0.2, 0.25) is 0 Å². The lowest BCUT2D eigenvalue weighted by Gasteiger charge is -2.15. The molecular weight excluding hydrogens is 270 g/mol. The fraction of sp³-hybridized carbons (Fsp3) is 0.667. The minimum absolute atomic E-state index is 0.206. The highest BCUT2D eigenvalue weighted by molar-refractivity contribution is 7.91. The predicted molar refractivity (Wildman–Crippen MR) is 74.2 cm³/mol. The van der Waals surface area contributed by atoms with Crippen LogP contribution in [-0.4, -0.2) is 26.7 Å². The zero-order valence-corrected chi connectivity index (χ0v) is 12.3. The van der Waals surface area contributed by atoms with Crippen LogP contribution in [0.3, 0.4) is 0 Å². The molecular formula is C12H21NO3S2. The van der Waals surface area contributed by atoms with Crippen molar-refractivity contribution in [3.63, 3.8) is 0 Å². The number of sulfonamides is 1. The van der Waals surface area contributed by atoms with Gasteiger partial charge < -0.3 is 5.11 Å². The molecule has 0 unspecified atom stereocenters. The van der Waals surface area contributed by atoms with Gasteiger partial charge in [0.2, 0.25) is 10.0 Å². The Kier molecular flexibility index (Phi) is 6.85. The summed E-state index contributed by atoms with van der Waals surface area (Å²) in [6.45, 7) is 2.74. The second-order valence-corrected chi connectivity index (χ2v) is 7.22. The highest BCUT2D eigenvalue weighted by atomic mass is 32.2. The van der Waals surface area contributed by atoms with Gasteiger partial charge in [0.25, 0.3) is 0 Å². The summed E-state index contributed by atoms with van der Waals surface area (Å²) in [6, 6.07) is 3.34. The molecule has 104 valence electrons. The number of aliphatic hydroxyl groups excluding tert-OH is 1. The molecule has 0 aliphatic heterocycles. The molecule has 0 aliphatic rings. The first-order valence-electron chi connectivity index (χ1n) is 6.24. The molecule has 18 heavy (non-hydrogen) atoms. The summed E-state index contributed by atoms with van der Waals surface area (Å²) in [4.78, 5) is 0. The first-order chi connectivity index (χ1) is 8.60. The molecule has 0 aromatic carbocycles. The van der Waals surface area contributed by atoms with E-state index >= 15 is 0 Å². The Morgan fingerprint density at radius 3 is 2.78 bits per heavy atom. The first kappa shape index (κ1) is 15.6. The molecule has 1 heterocycles. The standard InChI is InChI=1S/C12H21NO3S2/c1-2-11(6-3-4-8-14)10-13-18(15,16)12-7-5-9-17-12/h5,7,9,11,13-14H,2-4,6,8,10H2,1H3/t11-/m0/s1. The van der Waals surface area contributed by atoms with Gasteiger partial charge in [0.1, 0.15) is 4.21 Å². The Bertz CT molecular complexity index is 415. The van der Waals surface area contributed by atoms with Crippen LogP contribution in [-0.2, 0) is 10.0 Å². The van der Waals surface area contributed by atoms with Gasteiger partial charge >= 0.3 is 0 Å². The molecule has 0 spiro atoms. The molecule has 2 N–H and O–H groups in total. The normalized spacial score (nSPS) is 13.7. The van der Waals surface area contributed by atoms with Crippen LogP contribution in [0.1, 0.15) is 32.6 Å². The van der Waals surface area contributed by atoms with E-state index in [0.29, 0.717) is 16.7 Å².